The van der Waals surface area contributed by atoms with Crippen molar-refractivity contribution in [2.75, 3.05) is 6.54 Å². The number of benzene rings is 2. The SMILES string of the molecule is C=CC[C@]1(c2ccccc2)c2ccccc2CCN1C(=O)O. The van der Waals surface area contributed by atoms with Crippen molar-refractivity contribution in [1.82, 2.24) is 4.90 Å². The van der Waals surface area contributed by atoms with Gasteiger partial charge in [0.15, 0.2) is 0 Å². The molecule has 2 aromatic carbocycles. The Morgan fingerprint density at radius 1 is 1.18 bits per heavy atom. The Kier molecular flexibility index (Phi) is 3.72. The van der Waals surface area contributed by atoms with Gasteiger partial charge in [0.2, 0.25) is 0 Å². The summed E-state index contributed by atoms with van der Waals surface area (Å²) in [6.07, 6.45) is 2.22. The van der Waals surface area contributed by atoms with Gasteiger partial charge in [-0.1, -0.05) is 60.7 Å². The van der Waals surface area contributed by atoms with Crippen LogP contribution in [0.3, 0.4) is 0 Å². The fourth-order valence-electron chi connectivity index (χ4n) is 3.54. The van der Waals surface area contributed by atoms with E-state index in [4.69, 9.17) is 0 Å². The lowest BCUT2D eigenvalue weighted by atomic mass is 9.74. The van der Waals surface area contributed by atoms with Crippen LogP contribution in [0.25, 0.3) is 0 Å². The van der Waals surface area contributed by atoms with Crippen LogP contribution in [0.1, 0.15) is 23.1 Å². The largest absolute Gasteiger partial charge is 0.465 e. The lowest BCUT2D eigenvalue weighted by Gasteiger charge is -2.47. The van der Waals surface area contributed by atoms with E-state index in [0.29, 0.717) is 13.0 Å². The molecule has 0 aromatic heterocycles. The fraction of sp³-hybridized carbons (Fsp3) is 0.211. The van der Waals surface area contributed by atoms with Crippen molar-refractivity contribution in [3.8, 4) is 0 Å². The van der Waals surface area contributed by atoms with Crippen molar-refractivity contribution in [2.45, 2.75) is 18.4 Å². The molecule has 112 valence electrons. The van der Waals surface area contributed by atoms with Gasteiger partial charge in [0, 0.05) is 6.54 Å². The predicted molar refractivity (Wildman–Crippen MR) is 86.9 cm³/mol. The van der Waals surface area contributed by atoms with Gasteiger partial charge in [-0.05, 0) is 29.5 Å². The highest BCUT2D eigenvalue weighted by Crippen LogP contribution is 2.44. The summed E-state index contributed by atoms with van der Waals surface area (Å²) in [7, 11) is 0. The van der Waals surface area contributed by atoms with Gasteiger partial charge in [0.05, 0.1) is 0 Å². The summed E-state index contributed by atoms with van der Waals surface area (Å²) in [5.74, 6) is 0. The molecule has 0 saturated carbocycles. The Labute approximate surface area is 130 Å². The maximum atomic E-state index is 11.9. The van der Waals surface area contributed by atoms with E-state index in [0.717, 1.165) is 17.5 Å². The first-order valence-corrected chi connectivity index (χ1v) is 7.45. The summed E-state index contributed by atoms with van der Waals surface area (Å²) < 4.78 is 0. The average Bonchev–Trinajstić information content (AvgIpc) is 2.55. The molecule has 0 unspecified atom stereocenters. The molecule has 1 aliphatic heterocycles. The minimum absolute atomic E-state index is 0.495. The second-order valence-corrected chi connectivity index (χ2v) is 5.56. The van der Waals surface area contributed by atoms with E-state index < -0.39 is 11.6 Å². The van der Waals surface area contributed by atoms with Crippen molar-refractivity contribution < 1.29 is 9.90 Å². The summed E-state index contributed by atoms with van der Waals surface area (Å²) in [4.78, 5) is 13.5. The standard InChI is InChI=1S/C19H19NO2/c1-2-13-19(16-9-4-3-5-10-16)17-11-7-6-8-15(17)12-14-20(19)18(21)22/h2-11H,1,12-14H2,(H,21,22)/t19-/m0/s1. The van der Waals surface area contributed by atoms with Gasteiger partial charge < -0.3 is 5.11 Å². The smallest absolute Gasteiger partial charge is 0.408 e. The van der Waals surface area contributed by atoms with E-state index in [1.165, 1.54) is 5.56 Å². The molecular weight excluding hydrogens is 274 g/mol. The second-order valence-electron chi connectivity index (χ2n) is 5.56. The molecule has 0 aliphatic carbocycles. The molecule has 1 N–H and O–H groups in total. The van der Waals surface area contributed by atoms with E-state index in [-0.39, 0.29) is 0 Å². The van der Waals surface area contributed by atoms with Crippen LogP contribution in [-0.4, -0.2) is 22.6 Å². The van der Waals surface area contributed by atoms with Crippen molar-refractivity contribution in [3.63, 3.8) is 0 Å². The first kappa shape index (κ1) is 14.4. The number of nitrogens with zero attached hydrogens (tertiary/aromatic N) is 1. The Balaban J connectivity index is 2.31. The van der Waals surface area contributed by atoms with Gasteiger partial charge in [-0.25, -0.2) is 4.79 Å². The molecule has 0 bridgehead atoms. The molecule has 1 atom stereocenters. The molecule has 0 saturated heterocycles. The quantitative estimate of drug-likeness (QED) is 0.868. The molecule has 3 heteroatoms. The zero-order chi connectivity index (χ0) is 15.6. The van der Waals surface area contributed by atoms with Gasteiger partial charge in [0.1, 0.15) is 5.54 Å². The number of hydrogen-bond acceptors (Lipinski definition) is 1. The van der Waals surface area contributed by atoms with Crippen LogP contribution >= 0.6 is 0 Å². The first-order valence-electron chi connectivity index (χ1n) is 7.45. The highest BCUT2D eigenvalue weighted by molar-refractivity contribution is 5.69. The Bertz CT molecular complexity index is 696. The summed E-state index contributed by atoms with van der Waals surface area (Å²) in [6.45, 7) is 4.37. The average molecular weight is 293 g/mol. The molecule has 1 aliphatic rings. The number of hydrogen-bond donors (Lipinski definition) is 1. The number of carbonyl (C=O) groups is 1. The lowest BCUT2D eigenvalue weighted by molar-refractivity contribution is 0.0875. The molecule has 1 amide bonds. The Morgan fingerprint density at radius 2 is 1.86 bits per heavy atom. The van der Waals surface area contributed by atoms with Gasteiger partial charge in [-0.3, -0.25) is 4.90 Å². The number of fused-ring (bicyclic) bond motifs is 1. The topological polar surface area (TPSA) is 40.5 Å². The van der Waals surface area contributed by atoms with E-state index in [2.05, 4.69) is 12.6 Å². The summed E-state index contributed by atoms with van der Waals surface area (Å²) in [5.41, 5.74) is 2.58. The molecule has 1 heterocycles. The summed E-state index contributed by atoms with van der Waals surface area (Å²) in [5, 5.41) is 9.78. The van der Waals surface area contributed by atoms with Crippen molar-refractivity contribution in [3.05, 3.63) is 83.9 Å². The van der Waals surface area contributed by atoms with Crippen molar-refractivity contribution >= 4 is 6.09 Å². The maximum Gasteiger partial charge on any atom is 0.408 e. The zero-order valence-electron chi connectivity index (χ0n) is 12.4. The number of rotatable bonds is 3. The maximum absolute atomic E-state index is 11.9. The minimum Gasteiger partial charge on any atom is -0.465 e. The molecular formula is C19H19NO2. The third kappa shape index (κ3) is 2.10. The van der Waals surface area contributed by atoms with Crippen LogP contribution in [0, 0.1) is 0 Å². The summed E-state index contributed by atoms with van der Waals surface area (Å²) >= 11 is 0. The van der Waals surface area contributed by atoms with Gasteiger partial charge >= 0.3 is 6.09 Å². The van der Waals surface area contributed by atoms with Crippen molar-refractivity contribution in [2.24, 2.45) is 0 Å². The van der Waals surface area contributed by atoms with Crippen LogP contribution in [0.2, 0.25) is 0 Å². The summed E-state index contributed by atoms with van der Waals surface area (Å²) in [6, 6.07) is 18.0. The highest BCUT2D eigenvalue weighted by atomic mass is 16.4. The highest BCUT2D eigenvalue weighted by Gasteiger charge is 2.45. The van der Waals surface area contributed by atoms with Crippen LogP contribution in [0.15, 0.2) is 67.3 Å². The van der Waals surface area contributed by atoms with Gasteiger partial charge in [-0.2, -0.15) is 0 Å². The van der Waals surface area contributed by atoms with E-state index in [9.17, 15) is 9.90 Å². The molecule has 2 aromatic rings. The third-order valence-corrected chi connectivity index (χ3v) is 4.45. The van der Waals surface area contributed by atoms with Crippen LogP contribution in [0.5, 0.6) is 0 Å². The van der Waals surface area contributed by atoms with Gasteiger partial charge in [-0.15, -0.1) is 6.58 Å². The normalized spacial score (nSPS) is 20.3. The molecule has 0 fully saturated rings. The minimum atomic E-state index is -0.889. The fourth-order valence-corrected chi connectivity index (χ4v) is 3.54. The second kappa shape index (κ2) is 5.68. The first-order chi connectivity index (χ1) is 10.7. The third-order valence-electron chi connectivity index (χ3n) is 4.45. The Morgan fingerprint density at radius 3 is 2.55 bits per heavy atom. The van der Waals surface area contributed by atoms with Crippen molar-refractivity contribution in [1.29, 1.82) is 0 Å². The van der Waals surface area contributed by atoms with Crippen LogP contribution < -0.4 is 0 Å². The molecule has 0 spiro atoms. The monoisotopic (exact) mass is 293 g/mol. The Hall–Kier alpha value is -2.55. The predicted octanol–water partition coefficient (Wildman–Crippen LogP) is 4.04. The van der Waals surface area contributed by atoms with Crippen LogP contribution in [-0.2, 0) is 12.0 Å². The van der Waals surface area contributed by atoms with E-state index >= 15 is 0 Å². The number of amides is 1. The molecule has 3 rings (SSSR count). The number of carboxylic acid groups (broad SMARTS) is 1. The van der Waals surface area contributed by atoms with Gasteiger partial charge in [0.25, 0.3) is 0 Å². The molecule has 22 heavy (non-hydrogen) atoms. The van der Waals surface area contributed by atoms with Crippen LogP contribution in [0.4, 0.5) is 4.79 Å². The lowest BCUT2D eigenvalue weighted by Crippen LogP contribution is -2.53. The molecule has 3 nitrogen and oxygen atoms in total. The van der Waals surface area contributed by atoms with E-state index in [1.807, 2.05) is 54.6 Å². The zero-order valence-corrected chi connectivity index (χ0v) is 12.4. The molecule has 0 radical (unpaired) electrons. The van der Waals surface area contributed by atoms with E-state index in [1.54, 1.807) is 4.90 Å².